The second kappa shape index (κ2) is 3.90. The first-order valence-electron chi connectivity index (χ1n) is 5.60. The molecule has 1 aliphatic heterocycles. The monoisotopic (exact) mass is 234 g/mol. The molecule has 2 aromatic heterocycles. The van der Waals surface area contributed by atoms with Crippen LogP contribution < -0.4 is 5.32 Å². The van der Waals surface area contributed by atoms with E-state index in [1.807, 2.05) is 4.68 Å². The van der Waals surface area contributed by atoms with E-state index in [0.29, 0.717) is 6.04 Å². The maximum absolute atomic E-state index is 4.55. The largest absolute Gasteiger partial charge is 0.354 e. The van der Waals surface area contributed by atoms with Gasteiger partial charge in [-0.25, -0.2) is 4.68 Å². The molecule has 0 spiro atoms. The molecule has 3 heterocycles. The summed E-state index contributed by atoms with van der Waals surface area (Å²) in [7, 11) is 0. The summed E-state index contributed by atoms with van der Waals surface area (Å²) < 4.78 is 2.03. The summed E-state index contributed by atoms with van der Waals surface area (Å²) in [6.45, 7) is 3.06. The predicted octanol–water partition coefficient (Wildman–Crippen LogP) is 2.31. The summed E-state index contributed by atoms with van der Waals surface area (Å²) in [5.74, 6) is 1.84. The number of thiophene rings is 1. The lowest BCUT2D eigenvalue weighted by atomic mass is 10.1. The summed E-state index contributed by atoms with van der Waals surface area (Å²) >= 11 is 1.74. The zero-order chi connectivity index (χ0) is 11.0. The molecule has 2 aromatic rings. The molecule has 0 aliphatic carbocycles. The Labute approximate surface area is 98.3 Å². The first-order chi connectivity index (χ1) is 7.88. The molecule has 0 radical (unpaired) electrons. The fourth-order valence-electron chi connectivity index (χ4n) is 2.07. The van der Waals surface area contributed by atoms with Gasteiger partial charge < -0.3 is 5.32 Å². The molecule has 1 N–H and O–H groups in total. The van der Waals surface area contributed by atoms with E-state index in [2.05, 4.69) is 39.1 Å². The third-order valence-electron chi connectivity index (χ3n) is 2.92. The maximum Gasteiger partial charge on any atom is 0.221 e. The number of hydrogen-bond acceptors (Lipinski definition) is 4. The van der Waals surface area contributed by atoms with E-state index in [-0.39, 0.29) is 0 Å². The van der Waals surface area contributed by atoms with Gasteiger partial charge in [-0.3, -0.25) is 0 Å². The van der Waals surface area contributed by atoms with E-state index < -0.39 is 0 Å². The van der Waals surface area contributed by atoms with E-state index in [1.54, 1.807) is 11.3 Å². The van der Waals surface area contributed by atoms with E-state index in [1.165, 1.54) is 5.56 Å². The van der Waals surface area contributed by atoms with Crippen LogP contribution in [0.15, 0.2) is 16.8 Å². The zero-order valence-electron chi connectivity index (χ0n) is 9.18. The van der Waals surface area contributed by atoms with E-state index in [9.17, 15) is 0 Å². The quantitative estimate of drug-likeness (QED) is 0.867. The van der Waals surface area contributed by atoms with E-state index in [0.717, 1.165) is 31.2 Å². The number of hydrogen-bond donors (Lipinski definition) is 1. The van der Waals surface area contributed by atoms with Gasteiger partial charge in [0.15, 0.2) is 5.82 Å². The molecule has 3 rings (SSSR count). The van der Waals surface area contributed by atoms with Crippen molar-refractivity contribution in [1.82, 2.24) is 14.8 Å². The van der Waals surface area contributed by atoms with Gasteiger partial charge in [0.05, 0.1) is 6.04 Å². The molecule has 1 atom stereocenters. The zero-order valence-corrected chi connectivity index (χ0v) is 10.00. The second-order valence-corrected chi connectivity index (χ2v) is 4.72. The lowest BCUT2D eigenvalue weighted by Gasteiger charge is -2.23. The van der Waals surface area contributed by atoms with Crippen molar-refractivity contribution in [1.29, 1.82) is 0 Å². The molecule has 0 fully saturated rings. The summed E-state index contributed by atoms with van der Waals surface area (Å²) in [6.07, 6.45) is 1.97. The van der Waals surface area contributed by atoms with Gasteiger partial charge in [-0.2, -0.15) is 21.4 Å². The second-order valence-electron chi connectivity index (χ2n) is 3.94. The highest BCUT2D eigenvalue weighted by atomic mass is 32.1. The minimum Gasteiger partial charge on any atom is -0.354 e. The number of nitrogens with zero attached hydrogens (tertiary/aromatic N) is 3. The molecule has 0 bridgehead atoms. The summed E-state index contributed by atoms with van der Waals surface area (Å²) in [5, 5.41) is 12.2. The molecule has 16 heavy (non-hydrogen) atoms. The molecule has 5 heteroatoms. The van der Waals surface area contributed by atoms with Gasteiger partial charge in [0.1, 0.15) is 0 Å². The summed E-state index contributed by atoms with van der Waals surface area (Å²) in [4.78, 5) is 4.47. The SMILES string of the molecule is CCc1nc2n(n1)C(c1ccsc1)CCN2. The highest BCUT2D eigenvalue weighted by Crippen LogP contribution is 2.29. The van der Waals surface area contributed by atoms with Crippen LogP contribution in [0, 0.1) is 0 Å². The van der Waals surface area contributed by atoms with Crippen LogP contribution in [0.1, 0.15) is 30.8 Å². The van der Waals surface area contributed by atoms with Gasteiger partial charge in [-0.1, -0.05) is 6.92 Å². The van der Waals surface area contributed by atoms with Gasteiger partial charge in [0, 0.05) is 13.0 Å². The lowest BCUT2D eigenvalue weighted by Crippen LogP contribution is -2.24. The first kappa shape index (κ1) is 9.84. The molecule has 0 saturated carbocycles. The molecular weight excluding hydrogens is 220 g/mol. The van der Waals surface area contributed by atoms with E-state index in [4.69, 9.17) is 0 Å². The minimum atomic E-state index is 0.357. The summed E-state index contributed by atoms with van der Waals surface area (Å²) in [6, 6.07) is 2.54. The van der Waals surface area contributed by atoms with Gasteiger partial charge >= 0.3 is 0 Å². The fraction of sp³-hybridized carbons (Fsp3) is 0.455. The van der Waals surface area contributed by atoms with Gasteiger partial charge in [-0.05, 0) is 28.8 Å². The standard InChI is InChI=1S/C11H14N4S/c1-2-10-13-11-12-5-3-9(15(11)14-10)8-4-6-16-7-8/h4,6-7,9H,2-3,5H2,1H3,(H,12,13,14). The molecule has 4 nitrogen and oxygen atoms in total. The molecule has 1 aliphatic rings. The number of aromatic nitrogens is 3. The predicted molar refractivity (Wildman–Crippen MR) is 65.0 cm³/mol. The van der Waals surface area contributed by atoms with Gasteiger partial charge in [0.25, 0.3) is 0 Å². The molecular formula is C11H14N4S. The van der Waals surface area contributed by atoms with Crippen LogP contribution in [0.4, 0.5) is 5.95 Å². The topological polar surface area (TPSA) is 42.7 Å². The summed E-state index contributed by atoms with van der Waals surface area (Å²) in [5.41, 5.74) is 1.35. The molecule has 0 amide bonds. The Morgan fingerprint density at radius 2 is 2.56 bits per heavy atom. The molecule has 0 aromatic carbocycles. The Bertz CT molecular complexity index is 474. The van der Waals surface area contributed by atoms with Gasteiger partial charge in [-0.15, -0.1) is 0 Å². The average molecular weight is 234 g/mol. The van der Waals surface area contributed by atoms with Crippen LogP contribution >= 0.6 is 11.3 Å². The van der Waals surface area contributed by atoms with Crippen molar-refractivity contribution in [2.75, 3.05) is 11.9 Å². The number of fused-ring (bicyclic) bond motifs is 1. The van der Waals surface area contributed by atoms with Gasteiger partial charge in [0.2, 0.25) is 5.95 Å². The Morgan fingerprint density at radius 3 is 3.31 bits per heavy atom. The number of aryl methyl sites for hydroxylation is 1. The van der Waals surface area contributed by atoms with Crippen LogP contribution in [-0.2, 0) is 6.42 Å². The molecule has 84 valence electrons. The number of nitrogens with one attached hydrogen (secondary N) is 1. The molecule has 1 unspecified atom stereocenters. The highest BCUT2D eigenvalue weighted by molar-refractivity contribution is 7.07. The van der Waals surface area contributed by atoms with Crippen LogP contribution in [0.5, 0.6) is 0 Å². The Hall–Kier alpha value is -1.36. The Kier molecular flexibility index (Phi) is 2.40. The fourth-order valence-corrected chi connectivity index (χ4v) is 2.78. The van der Waals surface area contributed by atoms with E-state index >= 15 is 0 Å². The van der Waals surface area contributed by atoms with Crippen LogP contribution in [0.25, 0.3) is 0 Å². The minimum absolute atomic E-state index is 0.357. The van der Waals surface area contributed by atoms with Crippen molar-refractivity contribution < 1.29 is 0 Å². The van der Waals surface area contributed by atoms with Crippen molar-refractivity contribution in [3.63, 3.8) is 0 Å². The Morgan fingerprint density at radius 1 is 1.62 bits per heavy atom. The van der Waals surface area contributed by atoms with Crippen molar-refractivity contribution in [2.45, 2.75) is 25.8 Å². The van der Waals surface area contributed by atoms with Crippen LogP contribution in [-0.4, -0.2) is 21.3 Å². The number of rotatable bonds is 2. The lowest BCUT2D eigenvalue weighted by molar-refractivity contribution is 0.478. The van der Waals surface area contributed by atoms with Crippen molar-refractivity contribution in [3.8, 4) is 0 Å². The first-order valence-corrected chi connectivity index (χ1v) is 6.54. The van der Waals surface area contributed by atoms with Crippen LogP contribution in [0.3, 0.4) is 0 Å². The smallest absolute Gasteiger partial charge is 0.221 e. The average Bonchev–Trinajstić information content (AvgIpc) is 2.97. The third kappa shape index (κ3) is 1.51. The maximum atomic E-state index is 4.55. The normalized spacial score (nSPS) is 19.2. The van der Waals surface area contributed by atoms with Crippen molar-refractivity contribution in [3.05, 3.63) is 28.2 Å². The van der Waals surface area contributed by atoms with Crippen molar-refractivity contribution >= 4 is 17.3 Å². The third-order valence-corrected chi connectivity index (χ3v) is 3.62. The van der Waals surface area contributed by atoms with Crippen molar-refractivity contribution in [2.24, 2.45) is 0 Å². The van der Waals surface area contributed by atoms with Crippen LogP contribution in [0.2, 0.25) is 0 Å². The highest BCUT2D eigenvalue weighted by Gasteiger charge is 2.24. The molecule has 0 saturated heterocycles. The number of anilines is 1. The Balaban J connectivity index is 2.02.